The maximum atomic E-state index is 11.7. The molecule has 0 aromatic heterocycles. The fourth-order valence-corrected chi connectivity index (χ4v) is 2.36. The maximum absolute atomic E-state index is 11.7. The molecule has 2 atom stereocenters. The van der Waals surface area contributed by atoms with Gasteiger partial charge in [0.2, 0.25) is 0 Å². The lowest BCUT2D eigenvalue weighted by Gasteiger charge is -2.29. The molecule has 0 heterocycles. The van der Waals surface area contributed by atoms with Gasteiger partial charge in [-0.3, -0.25) is 0 Å². The number of hydrogen-bond acceptors (Lipinski definition) is 3. The number of hydrogen-bond donors (Lipinski definition) is 2. The van der Waals surface area contributed by atoms with Gasteiger partial charge >= 0.3 is 6.09 Å². The molecule has 0 spiro atoms. The molecule has 0 aromatic rings. The smallest absolute Gasteiger partial charge is 0.407 e. The topological polar surface area (TPSA) is 50.4 Å². The molecule has 20 heavy (non-hydrogen) atoms. The minimum absolute atomic E-state index is 0.299. The lowest BCUT2D eigenvalue weighted by molar-refractivity contribution is 0.0518. The van der Waals surface area contributed by atoms with Gasteiger partial charge in [0.25, 0.3) is 0 Å². The summed E-state index contributed by atoms with van der Waals surface area (Å²) in [6.45, 7) is 12.9. The minimum atomic E-state index is -0.440. The molecule has 1 amide bonds. The first kappa shape index (κ1) is 17.3. The van der Waals surface area contributed by atoms with Crippen LogP contribution in [-0.4, -0.2) is 30.3 Å². The molecule has 0 bridgehead atoms. The number of ether oxygens (including phenoxy) is 1. The lowest BCUT2D eigenvalue weighted by Crippen LogP contribution is -2.49. The summed E-state index contributed by atoms with van der Waals surface area (Å²) in [7, 11) is 0. The predicted octanol–water partition coefficient (Wildman–Crippen LogP) is 3.31. The molecule has 1 fully saturated rings. The Hall–Kier alpha value is -0.770. The highest BCUT2D eigenvalue weighted by molar-refractivity contribution is 5.67. The van der Waals surface area contributed by atoms with E-state index in [2.05, 4.69) is 31.4 Å². The van der Waals surface area contributed by atoms with Crippen molar-refractivity contribution in [3.63, 3.8) is 0 Å². The SMILES string of the molecule is CCC(NC(CNC(=O)OC(C)(C)C)C(C)C)C1CC1. The van der Waals surface area contributed by atoms with Crippen LogP contribution in [0.25, 0.3) is 0 Å². The Balaban J connectivity index is 2.40. The van der Waals surface area contributed by atoms with Gasteiger partial charge in [0.15, 0.2) is 0 Å². The fraction of sp³-hybridized carbons (Fsp3) is 0.938. The van der Waals surface area contributed by atoms with E-state index in [1.54, 1.807) is 0 Å². The summed E-state index contributed by atoms with van der Waals surface area (Å²) in [6, 6.07) is 0.885. The van der Waals surface area contributed by atoms with Crippen LogP contribution in [-0.2, 0) is 4.74 Å². The van der Waals surface area contributed by atoms with Gasteiger partial charge in [0, 0.05) is 18.6 Å². The largest absolute Gasteiger partial charge is 0.444 e. The van der Waals surface area contributed by atoms with E-state index in [4.69, 9.17) is 4.74 Å². The Morgan fingerprint density at radius 1 is 1.30 bits per heavy atom. The zero-order valence-electron chi connectivity index (χ0n) is 14.0. The van der Waals surface area contributed by atoms with Gasteiger partial charge in [0.05, 0.1) is 0 Å². The molecule has 1 saturated carbocycles. The van der Waals surface area contributed by atoms with E-state index in [-0.39, 0.29) is 6.09 Å². The minimum Gasteiger partial charge on any atom is -0.444 e. The van der Waals surface area contributed by atoms with E-state index in [0.717, 1.165) is 12.3 Å². The van der Waals surface area contributed by atoms with E-state index in [9.17, 15) is 4.79 Å². The molecule has 1 aliphatic carbocycles. The molecular weight excluding hydrogens is 252 g/mol. The molecule has 1 rings (SSSR count). The summed E-state index contributed by atoms with van der Waals surface area (Å²) in [6.07, 6.45) is 3.51. The summed E-state index contributed by atoms with van der Waals surface area (Å²) in [4.78, 5) is 11.7. The average molecular weight is 284 g/mol. The number of rotatable bonds is 7. The maximum Gasteiger partial charge on any atom is 0.407 e. The molecular formula is C16H32N2O2. The number of amides is 1. The second-order valence-electron chi connectivity index (χ2n) is 7.25. The third-order valence-electron chi connectivity index (χ3n) is 3.73. The molecule has 4 nitrogen and oxygen atoms in total. The first-order chi connectivity index (χ1) is 9.23. The van der Waals surface area contributed by atoms with Crippen molar-refractivity contribution in [3.05, 3.63) is 0 Å². The molecule has 0 aliphatic heterocycles. The number of nitrogens with one attached hydrogen (secondary N) is 2. The van der Waals surface area contributed by atoms with E-state index < -0.39 is 5.60 Å². The van der Waals surface area contributed by atoms with Crippen LogP contribution in [0.5, 0.6) is 0 Å². The van der Waals surface area contributed by atoms with E-state index in [1.807, 2.05) is 20.8 Å². The van der Waals surface area contributed by atoms with Gasteiger partial charge in [0.1, 0.15) is 5.60 Å². The number of carbonyl (C=O) groups is 1. The summed E-state index contributed by atoms with van der Waals surface area (Å²) in [5, 5.41) is 6.60. The van der Waals surface area contributed by atoms with Crippen LogP contribution < -0.4 is 10.6 Å². The molecule has 1 aliphatic rings. The van der Waals surface area contributed by atoms with Gasteiger partial charge in [-0.1, -0.05) is 20.8 Å². The zero-order chi connectivity index (χ0) is 15.3. The van der Waals surface area contributed by atoms with Crippen molar-refractivity contribution in [1.29, 1.82) is 0 Å². The Morgan fingerprint density at radius 3 is 2.30 bits per heavy atom. The van der Waals surface area contributed by atoms with Crippen molar-refractivity contribution in [2.45, 2.75) is 78.5 Å². The number of alkyl carbamates (subject to hydrolysis) is 1. The van der Waals surface area contributed by atoms with Gasteiger partial charge < -0.3 is 15.4 Å². The second-order valence-corrected chi connectivity index (χ2v) is 7.25. The van der Waals surface area contributed by atoms with Crippen molar-refractivity contribution in [1.82, 2.24) is 10.6 Å². The zero-order valence-corrected chi connectivity index (χ0v) is 14.0. The van der Waals surface area contributed by atoms with Crippen molar-refractivity contribution in [3.8, 4) is 0 Å². The van der Waals surface area contributed by atoms with Crippen LogP contribution in [0.15, 0.2) is 0 Å². The Labute approximate surface area is 124 Å². The molecule has 2 N–H and O–H groups in total. The van der Waals surface area contributed by atoms with Crippen molar-refractivity contribution < 1.29 is 9.53 Å². The highest BCUT2D eigenvalue weighted by Crippen LogP contribution is 2.34. The quantitative estimate of drug-likeness (QED) is 0.754. The van der Waals surface area contributed by atoms with Crippen molar-refractivity contribution >= 4 is 6.09 Å². The fourth-order valence-electron chi connectivity index (χ4n) is 2.36. The van der Waals surface area contributed by atoms with E-state index in [1.165, 1.54) is 12.8 Å². The Kier molecular flexibility index (Phi) is 6.31. The first-order valence-corrected chi connectivity index (χ1v) is 7.95. The lowest BCUT2D eigenvalue weighted by atomic mass is 10.0. The molecule has 4 heteroatoms. The highest BCUT2D eigenvalue weighted by atomic mass is 16.6. The average Bonchev–Trinajstić information content (AvgIpc) is 3.10. The Morgan fingerprint density at radius 2 is 1.90 bits per heavy atom. The van der Waals surface area contributed by atoms with Crippen LogP contribution in [0.3, 0.4) is 0 Å². The highest BCUT2D eigenvalue weighted by Gasteiger charge is 2.32. The Bertz CT molecular complexity index is 306. The van der Waals surface area contributed by atoms with Gasteiger partial charge in [-0.05, 0) is 51.9 Å². The van der Waals surface area contributed by atoms with Gasteiger partial charge in [-0.15, -0.1) is 0 Å². The normalized spacial score (nSPS) is 18.8. The third kappa shape index (κ3) is 6.60. The molecule has 2 unspecified atom stereocenters. The molecule has 0 aromatic carbocycles. The van der Waals surface area contributed by atoms with E-state index >= 15 is 0 Å². The predicted molar refractivity (Wildman–Crippen MR) is 82.8 cm³/mol. The van der Waals surface area contributed by atoms with Crippen LogP contribution in [0.1, 0.15) is 60.8 Å². The number of carbonyl (C=O) groups excluding carboxylic acids is 1. The molecule has 0 radical (unpaired) electrons. The van der Waals surface area contributed by atoms with Crippen LogP contribution in [0.2, 0.25) is 0 Å². The summed E-state index contributed by atoms with van der Waals surface area (Å²) < 4.78 is 5.28. The molecule has 0 saturated heterocycles. The summed E-state index contributed by atoms with van der Waals surface area (Å²) >= 11 is 0. The summed E-state index contributed by atoms with van der Waals surface area (Å²) in [5.41, 5.74) is -0.440. The van der Waals surface area contributed by atoms with Crippen molar-refractivity contribution in [2.75, 3.05) is 6.54 Å². The van der Waals surface area contributed by atoms with Gasteiger partial charge in [-0.25, -0.2) is 4.79 Å². The monoisotopic (exact) mass is 284 g/mol. The summed E-state index contributed by atoms with van der Waals surface area (Å²) in [5.74, 6) is 1.32. The second kappa shape index (κ2) is 7.30. The first-order valence-electron chi connectivity index (χ1n) is 7.95. The van der Waals surface area contributed by atoms with E-state index in [0.29, 0.717) is 24.5 Å². The van der Waals surface area contributed by atoms with Crippen LogP contribution in [0, 0.1) is 11.8 Å². The molecule has 118 valence electrons. The van der Waals surface area contributed by atoms with Crippen molar-refractivity contribution in [2.24, 2.45) is 11.8 Å². The standard InChI is InChI=1S/C16H32N2O2/c1-7-13(12-8-9-12)18-14(11(2)3)10-17-15(19)20-16(4,5)6/h11-14,18H,7-10H2,1-6H3,(H,17,19). The van der Waals surface area contributed by atoms with Crippen LogP contribution >= 0.6 is 0 Å². The van der Waals surface area contributed by atoms with Crippen LogP contribution in [0.4, 0.5) is 4.79 Å². The third-order valence-corrected chi connectivity index (χ3v) is 3.73. The van der Waals surface area contributed by atoms with Gasteiger partial charge in [-0.2, -0.15) is 0 Å².